The molecule has 26 heavy (non-hydrogen) atoms. The van der Waals surface area contributed by atoms with Crippen molar-refractivity contribution in [2.24, 2.45) is 0 Å². The summed E-state index contributed by atoms with van der Waals surface area (Å²) in [6.45, 7) is 0.530. The normalized spacial score (nSPS) is 11.7. The van der Waals surface area contributed by atoms with Gasteiger partial charge in [0, 0.05) is 11.8 Å². The minimum absolute atomic E-state index is 0.280. The smallest absolute Gasteiger partial charge is 0.175 e. The van der Waals surface area contributed by atoms with Gasteiger partial charge in [0.05, 0.1) is 17.7 Å². The maximum atomic E-state index is 11.6. The fourth-order valence-corrected chi connectivity index (χ4v) is 3.32. The van der Waals surface area contributed by atoms with Crippen LogP contribution >= 0.6 is 0 Å². The van der Waals surface area contributed by atoms with Gasteiger partial charge in [0.2, 0.25) is 0 Å². The summed E-state index contributed by atoms with van der Waals surface area (Å²) >= 11 is 0. The highest BCUT2D eigenvalue weighted by Gasteiger charge is 2.12. The molecule has 0 unspecified atom stereocenters. The fourth-order valence-electron chi connectivity index (χ4n) is 2.69. The number of hydrogen-bond donors (Lipinski definition) is 1. The van der Waals surface area contributed by atoms with Crippen molar-refractivity contribution in [3.63, 3.8) is 0 Å². The van der Waals surface area contributed by atoms with E-state index in [0.717, 1.165) is 16.9 Å². The van der Waals surface area contributed by atoms with E-state index in [1.165, 1.54) is 6.26 Å². The molecule has 0 fully saturated rings. The van der Waals surface area contributed by atoms with E-state index in [9.17, 15) is 8.42 Å². The first-order valence-electron chi connectivity index (χ1n) is 7.96. The van der Waals surface area contributed by atoms with Crippen molar-refractivity contribution in [3.05, 3.63) is 66.8 Å². The third kappa shape index (κ3) is 3.21. The van der Waals surface area contributed by atoms with E-state index in [-0.39, 0.29) is 4.90 Å². The van der Waals surface area contributed by atoms with Crippen LogP contribution in [0.15, 0.2) is 74.8 Å². The molecule has 0 radical (unpaired) electrons. The van der Waals surface area contributed by atoms with Crippen LogP contribution < -0.4 is 5.32 Å². The number of anilines is 1. The van der Waals surface area contributed by atoms with Crippen LogP contribution in [0.25, 0.3) is 22.2 Å². The molecular formula is C19H16N2O4S. The average molecular weight is 368 g/mol. The molecule has 4 rings (SSSR count). The van der Waals surface area contributed by atoms with Crippen LogP contribution in [0.5, 0.6) is 0 Å². The van der Waals surface area contributed by atoms with Gasteiger partial charge in [-0.25, -0.2) is 13.4 Å². The number of pyridine rings is 1. The van der Waals surface area contributed by atoms with Gasteiger partial charge in [-0.3, -0.25) is 0 Å². The van der Waals surface area contributed by atoms with E-state index in [0.29, 0.717) is 23.5 Å². The lowest BCUT2D eigenvalue weighted by Crippen LogP contribution is -2.00. The molecule has 0 spiro atoms. The predicted molar refractivity (Wildman–Crippen MR) is 98.6 cm³/mol. The number of furan rings is 2. The Bertz CT molecular complexity index is 1140. The summed E-state index contributed by atoms with van der Waals surface area (Å²) in [6.07, 6.45) is 4.44. The van der Waals surface area contributed by atoms with Gasteiger partial charge in [-0.2, -0.15) is 0 Å². The zero-order valence-corrected chi connectivity index (χ0v) is 14.8. The summed E-state index contributed by atoms with van der Waals surface area (Å²) in [5.74, 6) is 1.51. The first kappa shape index (κ1) is 16.4. The molecule has 0 bridgehead atoms. The zero-order valence-electron chi connectivity index (χ0n) is 14.0. The van der Waals surface area contributed by atoms with Crippen LogP contribution in [0.4, 0.5) is 5.82 Å². The monoisotopic (exact) mass is 368 g/mol. The Balaban J connectivity index is 1.66. The molecule has 0 saturated heterocycles. The quantitative estimate of drug-likeness (QED) is 0.571. The summed E-state index contributed by atoms with van der Waals surface area (Å²) in [5, 5.41) is 3.21. The first-order valence-corrected chi connectivity index (χ1v) is 9.85. The minimum atomic E-state index is -3.22. The second kappa shape index (κ2) is 6.34. The Morgan fingerprint density at radius 1 is 1.04 bits per heavy atom. The molecular weight excluding hydrogens is 352 g/mol. The largest absolute Gasteiger partial charge is 0.467 e. The molecule has 0 amide bonds. The number of hydrogen-bond acceptors (Lipinski definition) is 6. The van der Waals surface area contributed by atoms with Crippen molar-refractivity contribution in [3.8, 4) is 11.1 Å². The summed E-state index contributed by atoms with van der Waals surface area (Å²) in [6, 6.07) is 14.1. The number of sulfone groups is 1. The van der Waals surface area contributed by atoms with Gasteiger partial charge in [-0.1, -0.05) is 12.1 Å². The molecule has 0 saturated carbocycles. The van der Waals surface area contributed by atoms with Gasteiger partial charge < -0.3 is 14.2 Å². The average Bonchev–Trinajstić information content (AvgIpc) is 3.28. The van der Waals surface area contributed by atoms with Crippen LogP contribution in [0.2, 0.25) is 0 Å². The molecule has 0 aliphatic carbocycles. The lowest BCUT2D eigenvalue weighted by molar-refractivity contribution is 0.518. The number of nitrogens with one attached hydrogen (secondary N) is 1. The molecule has 0 atom stereocenters. The van der Waals surface area contributed by atoms with Gasteiger partial charge in [0.15, 0.2) is 15.4 Å². The highest BCUT2D eigenvalue weighted by molar-refractivity contribution is 7.90. The molecule has 3 heterocycles. The van der Waals surface area contributed by atoms with Crippen LogP contribution in [0, 0.1) is 0 Å². The second-order valence-electron chi connectivity index (χ2n) is 5.92. The maximum absolute atomic E-state index is 11.6. The highest BCUT2D eigenvalue weighted by atomic mass is 32.2. The molecule has 1 aromatic carbocycles. The molecule has 4 aromatic rings. The zero-order chi connectivity index (χ0) is 18.1. The molecule has 6 nitrogen and oxygen atoms in total. The van der Waals surface area contributed by atoms with Crippen LogP contribution in [0.3, 0.4) is 0 Å². The van der Waals surface area contributed by atoms with Crippen LogP contribution in [-0.4, -0.2) is 19.7 Å². The van der Waals surface area contributed by atoms with Gasteiger partial charge in [-0.05, 0) is 42.0 Å². The van der Waals surface area contributed by atoms with Gasteiger partial charge in [-0.15, -0.1) is 0 Å². The lowest BCUT2D eigenvalue weighted by atomic mass is 10.1. The molecule has 0 aliphatic heterocycles. The minimum Gasteiger partial charge on any atom is -0.467 e. The van der Waals surface area contributed by atoms with Crippen molar-refractivity contribution in [2.45, 2.75) is 11.4 Å². The highest BCUT2D eigenvalue weighted by Crippen LogP contribution is 2.31. The van der Waals surface area contributed by atoms with Crippen molar-refractivity contribution < 1.29 is 17.3 Å². The van der Waals surface area contributed by atoms with Gasteiger partial charge in [0.1, 0.15) is 23.4 Å². The number of fused-ring (bicyclic) bond motifs is 1. The van der Waals surface area contributed by atoms with E-state index in [4.69, 9.17) is 8.83 Å². The molecule has 3 aromatic heterocycles. The van der Waals surface area contributed by atoms with Crippen molar-refractivity contribution in [2.75, 3.05) is 11.6 Å². The summed E-state index contributed by atoms with van der Waals surface area (Å²) in [5.41, 5.74) is 3.02. The summed E-state index contributed by atoms with van der Waals surface area (Å²) in [7, 11) is -3.22. The molecule has 1 N–H and O–H groups in total. The molecule has 0 aliphatic rings. The summed E-state index contributed by atoms with van der Waals surface area (Å²) in [4.78, 5) is 4.90. The molecule has 7 heteroatoms. The van der Waals surface area contributed by atoms with E-state index in [1.807, 2.05) is 24.3 Å². The van der Waals surface area contributed by atoms with E-state index in [2.05, 4.69) is 10.3 Å². The number of aromatic nitrogens is 1. The Hall–Kier alpha value is -3.06. The number of nitrogens with zero attached hydrogens (tertiary/aromatic N) is 1. The maximum Gasteiger partial charge on any atom is 0.175 e. The number of rotatable bonds is 5. The first-order chi connectivity index (χ1) is 12.5. The topological polar surface area (TPSA) is 85.3 Å². The fraction of sp³-hybridized carbons (Fsp3) is 0.105. The Kier molecular flexibility index (Phi) is 4.00. The lowest BCUT2D eigenvalue weighted by Gasteiger charge is -2.05. The molecule has 132 valence electrons. The SMILES string of the molecule is CS(=O)(=O)c1ccc(-c2coc3ccc(NCc4ccco4)nc23)cc1. The van der Waals surface area contributed by atoms with E-state index >= 15 is 0 Å². The van der Waals surface area contributed by atoms with Gasteiger partial charge >= 0.3 is 0 Å². The van der Waals surface area contributed by atoms with Crippen molar-refractivity contribution in [1.82, 2.24) is 4.98 Å². The van der Waals surface area contributed by atoms with Gasteiger partial charge in [0.25, 0.3) is 0 Å². The predicted octanol–water partition coefficient (Wildman–Crippen LogP) is 4.10. The Morgan fingerprint density at radius 3 is 2.54 bits per heavy atom. The standard InChI is InChI=1S/C19H16N2O4S/c1-26(22,23)15-6-4-13(5-7-15)16-12-25-17-8-9-18(21-19(16)17)20-11-14-3-2-10-24-14/h2-10,12H,11H2,1H3,(H,20,21). The van der Waals surface area contributed by atoms with E-state index < -0.39 is 9.84 Å². The number of benzene rings is 1. The van der Waals surface area contributed by atoms with E-state index in [1.54, 1.807) is 36.8 Å². The third-order valence-electron chi connectivity index (χ3n) is 4.03. The van der Waals surface area contributed by atoms with Crippen LogP contribution in [-0.2, 0) is 16.4 Å². The van der Waals surface area contributed by atoms with Crippen LogP contribution in [0.1, 0.15) is 5.76 Å². The van der Waals surface area contributed by atoms with Crippen molar-refractivity contribution in [1.29, 1.82) is 0 Å². The Labute approximate surface area is 150 Å². The van der Waals surface area contributed by atoms with Crippen molar-refractivity contribution >= 4 is 26.8 Å². The summed E-state index contributed by atoms with van der Waals surface area (Å²) < 4.78 is 34.1. The Morgan fingerprint density at radius 2 is 1.85 bits per heavy atom. The third-order valence-corrected chi connectivity index (χ3v) is 5.16. The second-order valence-corrected chi connectivity index (χ2v) is 7.94.